The van der Waals surface area contributed by atoms with Crippen LogP contribution in [-0.4, -0.2) is 26.4 Å². The van der Waals surface area contributed by atoms with Gasteiger partial charge in [0.05, 0.1) is 32.0 Å². The van der Waals surface area contributed by atoms with Crippen molar-refractivity contribution in [2.75, 3.05) is 32.0 Å². The third kappa shape index (κ3) is 4.40. The van der Waals surface area contributed by atoms with Crippen LogP contribution in [0.4, 0.5) is 11.4 Å². The Kier molecular flexibility index (Phi) is 5.90. The third-order valence-electron chi connectivity index (χ3n) is 3.07. The predicted octanol–water partition coefficient (Wildman–Crippen LogP) is 4.17. The van der Waals surface area contributed by atoms with Gasteiger partial charge >= 0.3 is 0 Å². The van der Waals surface area contributed by atoms with Crippen LogP contribution in [0.25, 0.3) is 0 Å². The van der Waals surface area contributed by atoms with Gasteiger partial charge in [0.25, 0.3) is 0 Å². The number of hydrogen-bond donors (Lipinski definition) is 2. The number of benzene rings is 2. The Morgan fingerprint density at radius 2 is 1.57 bits per heavy atom. The zero-order valence-corrected chi connectivity index (χ0v) is 14.5. The molecule has 0 atom stereocenters. The lowest BCUT2D eigenvalue weighted by Crippen LogP contribution is -2.19. The van der Waals surface area contributed by atoms with Crippen molar-refractivity contribution in [3.8, 4) is 17.2 Å². The summed E-state index contributed by atoms with van der Waals surface area (Å²) in [7, 11) is 4.73. The Bertz CT molecular complexity index is 692. The largest absolute Gasteiger partial charge is 0.497 e. The Hall–Kier alpha value is -2.18. The molecule has 5 nitrogen and oxygen atoms in total. The summed E-state index contributed by atoms with van der Waals surface area (Å²) in [5, 5.41) is 7.00. The highest BCUT2D eigenvalue weighted by molar-refractivity contribution is 7.80. The smallest absolute Gasteiger partial charge is 0.175 e. The Morgan fingerprint density at radius 1 is 0.913 bits per heavy atom. The topological polar surface area (TPSA) is 51.8 Å². The van der Waals surface area contributed by atoms with Crippen molar-refractivity contribution in [3.05, 3.63) is 41.4 Å². The maximum absolute atomic E-state index is 6.14. The fourth-order valence-corrected chi connectivity index (χ4v) is 2.39. The van der Waals surface area contributed by atoms with Crippen LogP contribution in [0.1, 0.15) is 0 Å². The number of ether oxygens (including phenoxy) is 3. The fraction of sp³-hybridized carbons (Fsp3) is 0.188. The van der Waals surface area contributed by atoms with Crippen LogP contribution in [0.3, 0.4) is 0 Å². The van der Waals surface area contributed by atoms with Crippen LogP contribution < -0.4 is 24.8 Å². The summed E-state index contributed by atoms with van der Waals surface area (Å²) < 4.78 is 15.6. The molecule has 0 saturated carbocycles. The van der Waals surface area contributed by atoms with Crippen LogP contribution >= 0.6 is 23.8 Å². The first-order valence-electron chi connectivity index (χ1n) is 6.71. The fourth-order valence-electron chi connectivity index (χ4n) is 1.92. The molecule has 0 bridgehead atoms. The Labute approximate surface area is 145 Å². The van der Waals surface area contributed by atoms with Crippen molar-refractivity contribution in [1.29, 1.82) is 0 Å². The second-order valence-corrected chi connectivity index (χ2v) is 5.31. The van der Waals surface area contributed by atoms with Gasteiger partial charge in [0.15, 0.2) is 5.11 Å². The molecule has 0 spiro atoms. The van der Waals surface area contributed by atoms with Gasteiger partial charge in [-0.15, -0.1) is 0 Å². The SMILES string of the molecule is COc1ccc(NC(=S)Nc2cc(Cl)c(OC)cc2OC)cc1. The Balaban J connectivity index is 2.11. The van der Waals surface area contributed by atoms with Gasteiger partial charge in [-0.05, 0) is 42.5 Å². The minimum absolute atomic E-state index is 0.412. The summed E-state index contributed by atoms with van der Waals surface area (Å²) in [6.45, 7) is 0. The van der Waals surface area contributed by atoms with Crippen LogP contribution in [-0.2, 0) is 0 Å². The summed E-state index contributed by atoms with van der Waals surface area (Å²) in [5.74, 6) is 1.88. The van der Waals surface area contributed by atoms with Crippen LogP contribution in [0, 0.1) is 0 Å². The van der Waals surface area contributed by atoms with Gasteiger partial charge < -0.3 is 24.8 Å². The number of thiocarbonyl (C=S) groups is 1. The number of rotatable bonds is 5. The normalized spacial score (nSPS) is 9.91. The first-order chi connectivity index (χ1) is 11.1. The summed E-state index contributed by atoms with van der Waals surface area (Å²) in [6, 6.07) is 10.8. The molecule has 0 saturated heterocycles. The average molecular weight is 353 g/mol. The summed E-state index contributed by atoms with van der Waals surface area (Å²) in [6.07, 6.45) is 0. The molecule has 0 aromatic heterocycles. The highest BCUT2D eigenvalue weighted by Crippen LogP contribution is 2.35. The molecule has 0 unspecified atom stereocenters. The van der Waals surface area contributed by atoms with E-state index in [9.17, 15) is 0 Å². The van der Waals surface area contributed by atoms with E-state index in [-0.39, 0.29) is 0 Å². The van der Waals surface area contributed by atoms with E-state index in [0.29, 0.717) is 27.3 Å². The van der Waals surface area contributed by atoms with E-state index in [1.165, 1.54) is 0 Å². The molecule has 0 aliphatic rings. The van der Waals surface area contributed by atoms with Gasteiger partial charge in [-0.1, -0.05) is 11.6 Å². The molecular formula is C16H17ClN2O3S. The average Bonchev–Trinajstić information content (AvgIpc) is 2.55. The van der Waals surface area contributed by atoms with E-state index < -0.39 is 0 Å². The van der Waals surface area contributed by atoms with Crippen molar-refractivity contribution in [3.63, 3.8) is 0 Å². The minimum atomic E-state index is 0.412. The molecule has 0 heterocycles. The van der Waals surface area contributed by atoms with Gasteiger partial charge in [-0.2, -0.15) is 0 Å². The van der Waals surface area contributed by atoms with Crippen molar-refractivity contribution in [2.45, 2.75) is 0 Å². The minimum Gasteiger partial charge on any atom is -0.497 e. The second kappa shape index (κ2) is 7.89. The predicted molar refractivity (Wildman–Crippen MR) is 97.4 cm³/mol. The third-order valence-corrected chi connectivity index (χ3v) is 3.57. The highest BCUT2D eigenvalue weighted by atomic mass is 35.5. The number of anilines is 2. The molecule has 0 radical (unpaired) electrons. The van der Waals surface area contributed by atoms with E-state index >= 15 is 0 Å². The molecule has 2 aromatic rings. The van der Waals surface area contributed by atoms with E-state index in [2.05, 4.69) is 10.6 Å². The van der Waals surface area contributed by atoms with Gasteiger partial charge in [0.1, 0.15) is 17.2 Å². The Morgan fingerprint density at radius 3 is 2.13 bits per heavy atom. The molecule has 23 heavy (non-hydrogen) atoms. The zero-order chi connectivity index (χ0) is 16.8. The van der Waals surface area contributed by atoms with Crippen molar-refractivity contribution in [1.82, 2.24) is 0 Å². The zero-order valence-electron chi connectivity index (χ0n) is 13.0. The summed E-state index contributed by atoms with van der Waals surface area (Å²) in [4.78, 5) is 0. The lowest BCUT2D eigenvalue weighted by Gasteiger charge is -2.15. The maximum atomic E-state index is 6.14. The first-order valence-corrected chi connectivity index (χ1v) is 7.49. The molecule has 0 fully saturated rings. The van der Waals surface area contributed by atoms with E-state index in [0.717, 1.165) is 11.4 Å². The monoisotopic (exact) mass is 352 g/mol. The quantitative estimate of drug-likeness (QED) is 0.787. The van der Waals surface area contributed by atoms with Crippen molar-refractivity contribution in [2.24, 2.45) is 0 Å². The van der Waals surface area contributed by atoms with Crippen molar-refractivity contribution >= 4 is 40.3 Å². The molecule has 2 rings (SSSR count). The summed E-state index contributed by atoms with van der Waals surface area (Å²) in [5.41, 5.74) is 1.48. The molecule has 0 aliphatic heterocycles. The maximum Gasteiger partial charge on any atom is 0.175 e. The van der Waals surface area contributed by atoms with Gasteiger partial charge in [0.2, 0.25) is 0 Å². The van der Waals surface area contributed by atoms with Crippen LogP contribution in [0.2, 0.25) is 5.02 Å². The van der Waals surface area contributed by atoms with E-state index in [1.54, 1.807) is 33.5 Å². The molecule has 122 valence electrons. The van der Waals surface area contributed by atoms with Crippen LogP contribution in [0.15, 0.2) is 36.4 Å². The highest BCUT2D eigenvalue weighted by Gasteiger charge is 2.11. The van der Waals surface area contributed by atoms with Gasteiger partial charge in [0, 0.05) is 11.8 Å². The first kappa shape index (κ1) is 17.2. The lowest BCUT2D eigenvalue weighted by molar-refractivity contribution is 0.396. The second-order valence-electron chi connectivity index (χ2n) is 4.49. The number of hydrogen-bond acceptors (Lipinski definition) is 4. The molecule has 7 heteroatoms. The van der Waals surface area contributed by atoms with Crippen molar-refractivity contribution < 1.29 is 14.2 Å². The van der Waals surface area contributed by atoms with E-state index in [1.807, 2.05) is 24.3 Å². The van der Waals surface area contributed by atoms with Crippen LogP contribution in [0.5, 0.6) is 17.2 Å². The molecule has 0 amide bonds. The molecule has 0 aliphatic carbocycles. The van der Waals surface area contributed by atoms with Gasteiger partial charge in [-0.25, -0.2) is 0 Å². The molecular weight excluding hydrogens is 336 g/mol. The standard InChI is InChI=1S/C16H17ClN2O3S/c1-20-11-6-4-10(5-7-11)18-16(23)19-13-8-12(17)14(21-2)9-15(13)22-3/h4-9H,1-3H3,(H2,18,19,23). The summed E-state index contributed by atoms with van der Waals surface area (Å²) >= 11 is 11.4. The van der Waals surface area contributed by atoms with E-state index in [4.69, 9.17) is 38.0 Å². The number of nitrogens with one attached hydrogen (secondary N) is 2. The lowest BCUT2D eigenvalue weighted by atomic mass is 10.2. The van der Waals surface area contributed by atoms with Gasteiger partial charge in [-0.3, -0.25) is 0 Å². The molecule has 2 N–H and O–H groups in total. The number of halogens is 1. The number of methoxy groups -OCH3 is 3. The molecule has 2 aromatic carbocycles.